The molecule has 0 saturated heterocycles. The maximum Gasteiger partial charge on any atom is 0.307 e. The largest absolute Gasteiger partial charge is 0.491 e. The van der Waals surface area contributed by atoms with Crippen LogP contribution in [-0.4, -0.2) is 27.2 Å². The summed E-state index contributed by atoms with van der Waals surface area (Å²) in [5.74, 6) is -0.235. The van der Waals surface area contributed by atoms with Crippen molar-refractivity contribution in [3.63, 3.8) is 0 Å². The minimum atomic E-state index is -0.861. The van der Waals surface area contributed by atoms with Gasteiger partial charge in [-0.3, -0.25) is 4.79 Å². The molecule has 0 fully saturated rings. The lowest BCUT2D eigenvalue weighted by Gasteiger charge is -2.10. The number of ether oxygens (including phenoxy) is 1. The smallest absolute Gasteiger partial charge is 0.307 e. The second-order valence-corrected chi connectivity index (χ2v) is 3.83. The van der Waals surface area contributed by atoms with E-state index >= 15 is 0 Å². The van der Waals surface area contributed by atoms with Crippen molar-refractivity contribution in [3.8, 4) is 5.75 Å². The Hall–Kier alpha value is -2.01. The zero-order chi connectivity index (χ0) is 12.8. The SMILES string of the molecule is Cl.O=C(O)Cc1ccccc1OCCn1ccnc1. The molecule has 0 bridgehead atoms. The summed E-state index contributed by atoms with van der Waals surface area (Å²) in [6.45, 7) is 1.16. The van der Waals surface area contributed by atoms with Gasteiger partial charge in [-0.15, -0.1) is 12.4 Å². The number of carboxylic acids is 1. The van der Waals surface area contributed by atoms with E-state index < -0.39 is 5.97 Å². The van der Waals surface area contributed by atoms with Gasteiger partial charge in [-0.2, -0.15) is 0 Å². The van der Waals surface area contributed by atoms with Crippen molar-refractivity contribution in [1.29, 1.82) is 0 Å². The van der Waals surface area contributed by atoms with Crippen LogP contribution in [0.1, 0.15) is 5.56 Å². The van der Waals surface area contributed by atoms with Gasteiger partial charge >= 0.3 is 5.97 Å². The topological polar surface area (TPSA) is 64.3 Å². The van der Waals surface area contributed by atoms with Gasteiger partial charge in [0.05, 0.1) is 19.3 Å². The number of benzene rings is 1. The Kier molecular flexibility index (Phi) is 5.89. The van der Waals surface area contributed by atoms with Crippen LogP contribution in [0, 0.1) is 0 Å². The van der Waals surface area contributed by atoms with Crippen LogP contribution in [0.4, 0.5) is 0 Å². The molecule has 0 radical (unpaired) electrons. The Morgan fingerprint density at radius 3 is 2.84 bits per heavy atom. The van der Waals surface area contributed by atoms with Crippen molar-refractivity contribution in [3.05, 3.63) is 48.5 Å². The van der Waals surface area contributed by atoms with Gasteiger partial charge in [0.15, 0.2) is 0 Å². The third-order valence-electron chi connectivity index (χ3n) is 2.48. The molecule has 0 atom stereocenters. The lowest BCUT2D eigenvalue weighted by Crippen LogP contribution is -2.09. The number of aromatic nitrogens is 2. The van der Waals surface area contributed by atoms with Gasteiger partial charge in [-0.25, -0.2) is 4.98 Å². The molecule has 0 unspecified atom stereocenters. The van der Waals surface area contributed by atoms with E-state index in [-0.39, 0.29) is 18.8 Å². The highest BCUT2D eigenvalue weighted by Crippen LogP contribution is 2.18. The van der Waals surface area contributed by atoms with Crippen LogP contribution >= 0.6 is 12.4 Å². The summed E-state index contributed by atoms with van der Waals surface area (Å²) in [5, 5.41) is 8.80. The molecule has 1 aromatic heterocycles. The van der Waals surface area contributed by atoms with E-state index in [2.05, 4.69) is 4.98 Å². The van der Waals surface area contributed by atoms with Crippen molar-refractivity contribution in [1.82, 2.24) is 9.55 Å². The highest BCUT2D eigenvalue weighted by Gasteiger charge is 2.06. The van der Waals surface area contributed by atoms with Crippen LogP contribution in [0.15, 0.2) is 43.0 Å². The third kappa shape index (κ3) is 4.63. The molecule has 0 aliphatic rings. The Bertz CT molecular complexity index is 514. The Labute approximate surface area is 117 Å². The highest BCUT2D eigenvalue weighted by atomic mass is 35.5. The fraction of sp³-hybridized carbons (Fsp3) is 0.231. The molecule has 1 heterocycles. The fourth-order valence-electron chi connectivity index (χ4n) is 1.63. The Morgan fingerprint density at radius 2 is 2.16 bits per heavy atom. The number of carboxylic acid groups (broad SMARTS) is 1. The summed E-state index contributed by atoms with van der Waals surface area (Å²) in [4.78, 5) is 14.6. The lowest BCUT2D eigenvalue weighted by molar-refractivity contribution is -0.136. The quantitative estimate of drug-likeness (QED) is 0.880. The van der Waals surface area contributed by atoms with E-state index in [1.165, 1.54) is 0 Å². The predicted molar refractivity (Wildman–Crippen MR) is 72.8 cm³/mol. The van der Waals surface area contributed by atoms with Crippen LogP contribution in [0.25, 0.3) is 0 Å². The van der Waals surface area contributed by atoms with E-state index in [1.54, 1.807) is 30.7 Å². The number of imidazole rings is 1. The molecule has 102 valence electrons. The molecule has 2 rings (SSSR count). The van der Waals surface area contributed by atoms with Gasteiger partial charge in [0.2, 0.25) is 0 Å². The number of carbonyl (C=O) groups is 1. The number of nitrogens with zero attached hydrogens (tertiary/aromatic N) is 2. The minimum absolute atomic E-state index is 0. The normalized spacial score (nSPS) is 9.68. The summed E-state index contributed by atoms with van der Waals surface area (Å²) in [7, 11) is 0. The van der Waals surface area contributed by atoms with E-state index in [0.29, 0.717) is 24.5 Å². The number of halogens is 1. The summed E-state index contributed by atoms with van der Waals surface area (Å²) < 4.78 is 7.50. The van der Waals surface area contributed by atoms with E-state index in [1.807, 2.05) is 16.8 Å². The van der Waals surface area contributed by atoms with Gasteiger partial charge in [-0.05, 0) is 6.07 Å². The average Bonchev–Trinajstić information content (AvgIpc) is 2.84. The standard InChI is InChI=1S/C13H14N2O3.ClH/c16-13(17)9-11-3-1-2-4-12(11)18-8-7-15-6-5-14-10-15;/h1-6,10H,7-9H2,(H,16,17);1H. The molecular weight excluding hydrogens is 268 g/mol. The first-order chi connectivity index (χ1) is 8.75. The van der Waals surface area contributed by atoms with Crippen molar-refractivity contribution in [2.75, 3.05) is 6.61 Å². The first kappa shape index (κ1) is 15.0. The molecule has 0 aliphatic heterocycles. The van der Waals surface area contributed by atoms with E-state index in [4.69, 9.17) is 9.84 Å². The summed E-state index contributed by atoms with van der Waals surface area (Å²) >= 11 is 0. The molecule has 0 amide bonds. The molecule has 0 spiro atoms. The van der Waals surface area contributed by atoms with Gasteiger partial charge < -0.3 is 14.4 Å². The van der Waals surface area contributed by atoms with Crippen molar-refractivity contribution < 1.29 is 14.6 Å². The first-order valence-electron chi connectivity index (χ1n) is 5.64. The van der Waals surface area contributed by atoms with Gasteiger partial charge in [0.25, 0.3) is 0 Å². The second-order valence-electron chi connectivity index (χ2n) is 3.83. The highest BCUT2D eigenvalue weighted by molar-refractivity contribution is 5.85. The third-order valence-corrected chi connectivity index (χ3v) is 2.48. The van der Waals surface area contributed by atoms with Crippen LogP contribution in [-0.2, 0) is 17.8 Å². The lowest BCUT2D eigenvalue weighted by atomic mass is 10.1. The molecule has 5 nitrogen and oxygen atoms in total. The van der Waals surface area contributed by atoms with Crippen LogP contribution < -0.4 is 4.74 Å². The van der Waals surface area contributed by atoms with Crippen molar-refractivity contribution >= 4 is 18.4 Å². The Balaban J connectivity index is 0.00000180. The van der Waals surface area contributed by atoms with Gasteiger partial charge in [0.1, 0.15) is 12.4 Å². The van der Waals surface area contributed by atoms with Crippen molar-refractivity contribution in [2.45, 2.75) is 13.0 Å². The minimum Gasteiger partial charge on any atom is -0.491 e. The molecule has 0 saturated carbocycles. The molecule has 1 N–H and O–H groups in total. The second kappa shape index (κ2) is 7.43. The average molecular weight is 283 g/mol. The summed E-state index contributed by atoms with van der Waals surface area (Å²) in [6.07, 6.45) is 5.25. The number of hydrogen-bond donors (Lipinski definition) is 1. The molecule has 19 heavy (non-hydrogen) atoms. The molecule has 6 heteroatoms. The number of rotatable bonds is 6. The zero-order valence-corrected chi connectivity index (χ0v) is 11.0. The van der Waals surface area contributed by atoms with Crippen LogP contribution in [0.2, 0.25) is 0 Å². The maximum atomic E-state index is 10.7. The van der Waals surface area contributed by atoms with Gasteiger partial charge in [-0.1, -0.05) is 18.2 Å². The van der Waals surface area contributed by atoms with E-state index in [0.717, 1.165) is 0 Å². The summed E-state index contributed by atoms with van der Waals surface area (Å²) in [6, 6.07) is 7.19. The number of para-hydroxylation sites is 1. The van der Waals surface area contributed by atoms with Crippen LogP contribution in [0.5, 0.6) is 5.75 Å². The molecule has 2 aromatic rings. The maximum absolute atomic E-state index is 10.7. The number of hydrogen-bond acceptors (Lipinski definition) is 3. The molecule has 0 aliphatic carbocycles. The first-order valence-corrected chi connectivity index (χ1v) is 5.64. The Morgan fingerprint density at radius 1 is 1.37 bits per heavy atom. The zero-order valence-electron chi connectivity index (χ0n) is 10.2. The van der Waals surface area contributed by atoms with Crippen LogP contribution in [0.3, 0.4) is 0 Å². The molecule has 1 aromatic carbocycles. The number of aliphatic carboxylic acids is 1. The van der Waals surface area contributed by atoms with Crippen molar-refractivity contribution in [2.24, 2.45) is 0 Å². The fourth-order valence-corrected chi connectivity index (χ4v) is 1.63. The molecular formula is C13H15ClN2O3. The predicted octanol–water partition coefficient (Wildman–Crippen LogP) is 2.01. The van der Waals surface area contributed by atoms with Gasteiger partial charge in [0, 0.05) is 18.0 Å². The summed E-state index contributed by atoms with van der Waals surface area (Å²) in [5.41, 5.74) is 0.690. The van der Waals surface area contributed by atoms with E-state index in [9.17, 15) is 4.79 Å². The monoisotopic (exact) mass is 282 g/mol.